The summed E-state index contributed by atoms with van der Waals surface area (Å²) in [4.78, 5) is 12.9. The summed E-state index contributed by atoms with van der Waals surface area (Å²) in [7, 11) is -7.58. The Bertz CT molecular complexity index is 1550. The van der Waals surface area contributed by atoms with Crippen molar-refractivity contribution in [3.8, 4) is 0 Å². The Kier molecular flexibility index (Phi) is 8.91. The maximum absolute atomic E-state index is 13.0. The highest BCUT2D eigenvalue weighted by atomic mass is 35.5. The summed E-state index contributed by atoms with van der Waals surface area (Å²) in [5, 5.41) is 3.63. The van der Waals surface area contributed by atoms with Gasteiger partial charge in [0.15, 0.2) is 0 Å². The Morgan fingerprint density at radius 3 is 2.29 bits per heavy atom. The fourth-order valence-corrected chi connectivity index (χ4v) is 7.29. The largest absolute Gasteiger partial charge is 0.326 e. The van der Waals surface area contributed by atoms with Crippen molar-refractivity contribution in [3.63, 3.8) is 0 Å². The number of para-hydroxylation sites is 1. The molecular weight excluding hydrogens is 593 g/mol. The summed E-state index contributed by atoms with van der Waals surface area (Å²) in [6, 6.07) is 16.8. The molecule has 38 heavy (non-hydrogen) atoms. The number of sulfonamides is 2. The van der Waals surface area contributed by atoms with Gasteiger partial charge in [-0.05, 0) is 66.9 Å². The molecule has 4 rings (SSSR count). The zero-order chi connectivity index (χ0) is 27.5. The lowest BCUT2D eigenvalue weighted by Crippen LogP contribution is -2.44. The molecule has 0 spiro atoms. The third-order valence-corrected chi connectivity index (χ3v) is 10.3. The van der Waals surface area contributed by atoms with Gasteiger partial charge in [0.2, 0.25) is 15.9 Å². The van der Waals surface area contributed by atoms with Crippen molar-refractivity contribution in [2.75, 3.05) is 23.1 Å². The molecule has 3 aromatic rings. The van der Waals surface area contributed by atoms with Crippen molar-refractivity contribution in [2.45, 2.75) is 23.5 Å². The van der Waals surface area contributed by atoms with E-state index in [1.54, 1.807) is 36.4 Å². The van der Waals surface area contributed by atoms with Crippen LogP contribution < -0.4 is 10.0 Å². The summed E-state index contributed by atoms with van der Waals surface area (Å²) in [5.74, 6) is -1.15. The van der Waals surface area contributed by atoms with Crippen molar-refractivity contribution in [1.82, 2.24) is 4.31 Å². The Hall–Kier alpha value is -2.34. The highest BCUT2D eigenvalue weighted by Crippen LogP contribution is 2.27. The lowest BCUT2D eigenvalue weighted by Gasteiger charge is -2.31. The monoisotopic (exact) mass is 615 g/mol. The predicted molar refractivity (Wildman–Crippen MR) is 151 cm³/mol. The molecule has 0 radical (unpaired) electrons. The molecule has 0 aliphatic carbocycles. The number of rotatable bonds is 8. The van der Waals surface area contributed by atoms with Crippen molar-refractivity contribution < 1.29 is 21.6 Å². The lowest BCUT2D eigenvalue weighted by molar-refractivity contribution is -0.120. The maximum Gasteiger partial charge on any atom is 0.261 e. The normalized spacial score (nSPS) is 16.7. The molecule has 1 aliphatic heterocycles. The van der Waals surface area contributed by atoms with Gasteiger partial charge in [0.1, 0.15) is 0 Å². The molecule has 1 saturated heterocycles. The first-order valence-electron chi connectivity index (χ1n) is 11.5. The van der Waals surface area contributed by atoms with Gasteiger partial charge in [0.25, 0.3) is 10.0 Å². The molecule has 1 aliphatic rings. The molecule has 202 valence electrons. The van der Waals surface area contributed by atoms with Crippen molar-refractivity contribution in [3.05, 3.63) is 87.4 Å². The summed E-state index contributed by atoms with van der Waals surface area (Å²) in [6.45, 7) is 0.363. The molecule has 1 unspecified atom stereocenters. The zero-order valence-electron chi connectivity index (χ0n) is 19.9. The molecule has 0 saturated carbocycles. The van der Waals surface area contributed by atoms with E-state index >= 15 is 0 Å². The van der Waals surface area contributed by atoms with Crippen LogP contribution in [-0.2, 0) is 30.6 Å². The topological polar surface area (TPSA) is 113 Å². The Morgan fingerprint density at radius 2 is 1.61 bits per heavy atom. The first-order chi connectivity index (χ1) is 17.9. The van der Waals surface area contributed by atoms with E-state index in [4.69, 9.17) is 34.8 Å². The Morgan fingerprint density at radius 1 is 0.895 bits per heavy atom. The molecule has 1 amide bonds. The van der Waals surface area contributed by atoms with Gasteiger partial charge >= 0.3 is 0 Å². The molecule has 0 aromatic heterocycles. The van der Waals surface area contributed by atoms with E-state index in [0.29, 0.717) is 35.7 Å². The quantitative estimate of drug-likeness (QED) is 0.341. The number of nitrogens with one attached hydrogen (secondary N) is 2. The number of carbonyl (C=O) groups excluding carboxylic acids is 1. The van der Waals surface area contributed by atoms with Crippen LogP contribution in [0.15, 0.2) is 71.6 Å². The molecule has 13 heteroatoms. The van der Waals surface area contributed by atoms with Gasteiger partial charge in [0.05, 0.1) is 37.3 Å². The van der Waals surface area contributed by atoms with Crippen LogP contribution in [0.4, 0.5) is 11.4 Å². The van der Waals surface area contributed by atoms with Gasteiger partial charge in [-0.25, -0.2) is 21.1 Å². The van der Waals surface area contributed by atoms with Gasteiger partial charge in [-0.1, -0.05) is 53.0 Å². The minimum absolute atomic E-state index is 0.00680. The van der Waals surface area contributed by atoms with Crippen molar-refractivity contribution in [1.29, 1.82) is 0 Å². The number of halogens is 3. The van der Waals surface area contributed by atoms with Crippen LogP contribution in [-0.4, -0.2) is 40.1 Å². The molecule has 3 aromatic carbocycles. The number of benzene rings is 3. The molecule has 1 atom stereocenters. The van der Waals surface area contributed by atoms with Crippen LogP contribution in [0.3, 0.4) is 0 Å². The second kappa shape index (κ2) is 11.8. The van der Waals surface area contributed by atoms with Gasteiger partial charge in [-0.15, -0.1) is 0 Å². The second-order valence-electron chi connectivity index (χ2n) is 8.80. The molecule has 1 fully saturated rings. The van der Waals surface area contributed by atoms with Crippen LogP contribution >= 0.6 is 34.8 Å². The number of nitrogens with zero attached hydrogens (tertiary/aromatic N) is 1. The summed E-state index contributed by atoms with van der Waals surface area (Å²) in [6.07, 6.45) is 1.06. The van der Waals surface area contributed by atoms with E-state index < -0.39 is 26.0 Å². The van der Waals surface area contributed by atoms with Crippen LogP contribution in [0, 0.1) is 5.92 Å². The highest BCUT2D eigenvalue weighted by Gasteiger charge is 2.32. The average molecular weight is 617 g/mol. The first kappa shape index (κ1) is 28.7. The molecular formula is C25H24Cl3N3O5S2. The average Bonchev–Trinajstić information content (AvgIpc) is 2.88. The van der Waals surface area contributed by atoms with E-state index in [0.717, 1.165) is 0 Å². The predicted octanol–water partition coefficient (Wildman–Crippen LogP) is 5.63. The van der Waals surface area contributed by atoms with Crippen LogP contribution in [0.25, 0.3) is 0 Å². The lowest BCUT2D eigenvalue weighted by atomic mass is 9.99. The van der Waals surface area contributed by atoms with Gasteiger partial charge in [-0.3, -0.25) is 9.52 Å². The van der Waals surface area contributed by atoms with Crippen LogP contribution in [0.5, 0.6) is 0 Å². The number of hydrogen-bond donors (Lipinski definition) is 2. The third kappa shape index (κ3) is 6.99. The number of piperidine rings is 1. The Balaban J connectivity index is 1.39. The van der Waals surface area contributed by atoms with E-state index in [2.05, 4.69) is 10.0 Å². The van der Waals surface area contributed by atoms with Crippen LogP contribution in [0.1, 0.15) is 18.4 Å². The van der Waals surface area contributed by atoms with E-state index in [9.17, 15) is 21.6 Å². The second-order valence-corrected chi connectivity index (χ2v) is 13.7. The smallest absolute Gasteiger partial charge is 0.261 e. The number of carbonyl (C=O) groups is 1. The van der Waals surface area contributed by atoms with E-state index in [1.165, 1.54) is 34.6 Å². The van der Waals surface area contributed by atoms with Crippen LogP contribution in [0.2, 0.25) is 15.1 Å². The molecule has 2 N–H and O–H groups in total. The molecule has 0 bridgehead atoms. The Labute approximate surface area is 237 Å². The summed E-state index contributed by atoms with van der Waals surface area (Å²) < 4.78 is 55.2. The maximum atomic E-state index is 13.0. The number of amides is 1. The first-order valence-corrected chi connectivity index (χ1v) is 15.8. The fraction of sp³-hybridized carbons (Fsp3) is 0.240. The van der Waals surface area contributed by atoms with Crippen molar-refractivity contribution >= 4 is 72.1 Å². The minimum atomic E-state index is -3.89. The zero-order valence-corrected chi connectivity index (χ0v) is 23.8. The van der Waals surface area contributed by atoms with E-state index in [-0.39, 0.29) is 38.8 Å². The summed E-state index contributed by atoms with van der Waals surface area (Å²) in [5.41, 5.74) is 1.15. The third-order valence-electron chi connectivity index (χ3n) is 6.03. The fourth-order valence-electron chi connectivity index (χ4n) is 4.05. The van der Waals surface area contributed by atoms with Gasteiger partial charge < -0.3 is 5.32 Å². The molecule has 1 heterocycles. The number of anilines is 2. The van der Waals surface area contributed by atoms with E-state index in [1.807, 2.05) is 0 Å². The minimum Gasteiger partial charge on any atom is -0.326 e. The van der Waals surface area contributed by atoms with Gasteiger partial charge in [-0.2, -0.15) is 0 Å². The van der Waals surface area contributed by atoms with Crippen molar-refractivity contribution in [2.24, 2.45) is 5.92 Å². The summed E-state index contributed by atoms with van der Waals surface area (Å²) >= 11 is 18.0. The van der Waals surface area contributed by atoms with Gasteiger partial charge in [0, 0.05) is 18.8 Å². The molecule has 8 nitrogen and oxygen atoms in total. The highest BCUT2D eigenvalue weighted by molar-refractivity contribution is 7.92. The SMILES string of the molecule is O=C(Nc1ccc(S(=O)(=O)Nc2ccccc2Cl)cc1)C1CCCN(S(=O)(=O)Cc2ccc(Cl)c(Cl)c2)C1. The number of hydrogen-bond acceptors (Lipinski definition) is 5. The standard InChI is InChI=1S/C25H24Cl3N3O5S2/c26-21-12-7-17(14-23(21)28)16-37(33,34)31-13-3-4-18(15-31)25(32)29-19-8-10-20(11-9-19)38(35,36)30-24-6-2-1-5-22(24)27/h1-2,5-12,14,18,30H,3-4,13,15-16H2,(H,29,32).